The van der Waals surface area contributed by atoms with E-state index in [-0.39, 0.29) is 16.5 Å². The second-order valence-electron chi connectivity index (χ2n) is 5.61. The zero-order valence-corrected chi connectivity index (χ0v) is 13.8. The van der Waals surface area contributed by atoms with Crippen LogP contribution in [0.3, 0.4) is 0 Å². The summed E-state index contributed by atoms with van der Waals surface area (Å²) in [7, 11) is 0. The number of benzene rings is 1. The Morgan fingerprint density at radius 2 is 1.87 bits per heavy atom. The van der Waals surface area contributed by atoms with Crippen molar-refractivity contribution in [2.75, 3.05) is 50.7 Å². The molecule has 0 aliphatic carbocycles. The number of carbonyl (C=O) groups is 1. The van der Waals surface area contributed by atoms with Gasteiger partial charge >= 0.3 is 0 Å². The molecular weight excluding hydrogens is 296 g/mol. The van der Waals surface area contributed by atoms with Crippen molar-refractivity contribution in [3.05, 3.63) is 34.4 Å². The van der Waals surface area contributed by atoms with Gasteiger partial charge < -0.3 is 9.80 Å². The Morgan fingerprint density at radius 1 is 1.22 bits per heavy atom. The third kappa shape index (κ3) is 4.41. The molecule has 1 fully saturated rings. The number of amides is 1. The van der Waals surface area contributed by atoms with Crippen molar-refractivity contribution in [1.82, 2.24) is 9.80 Å². The fourth-order valence-electron chi connectivity index (χ4n) is 2.84. The SMILES string of the molecule is CCN(CC)C(=O)CN1CCN(c2cccc([N+](=O)[O-])c2)CC1. The molecular formula is C16H24N4O3. The molecule has 0 saturated carbocycles. The van der Waals surface area contributed by atoms with Gasteiger partial charge in [-0.1, -0.05) is 6.07 Å². The van der Waals surface area contributed by atoms with Gasteiger partial charge in [-0.2, -0.15) is 0 Å². The number of nitro groups is 1. The topological polar surface area (TPSA) is 69.9 Å². The molecule has 7 nitrogen and oxygen atoms in total. The molecule has 0 spiro atoms. The Kier molecular flexibility index (Phi) is 5.92. The maximum absolute atomic E-state index is 12.1. The first kappa shape index (κ1) is 17.2. The van der Waals surface area contributed by atoms with Gasteiger partial charge in [0.1, 0.15) is 0 Å². The van der Waals surface area contributed by atoms with Gasteiger partial charge in [-0.3, -0.25) is 19.8 Å². The van der Waals surface area contributed by atoms with Crippen molar-refractivity contribution in [1.29, 1.82) is 0 Å². The van der Waals surface area contributed by atoms with Crippen molar-refractivity contribution in [3.8, 4) is 0 Å². The maximum Gasteiger partial charge on any atom is 0.271 e. The molecule has 1 aromatic rings. The van der Waals surface area contributed by atoms with E-state index >= 15 is 0 Å². The summed E-state index contributed by atoms with van der Waals surface area (Å²) in [5.41, 5.74) is 0.982. The van der Waals surface area contributed by atoms with Crippen molar-refractivity contribution in [2.45, 2.75) is 13.8 Å². The lowest BCUT2D eigenvalue weighted by Gasteiger charge is -2.36. The first-order valence-electron chi connectivity index (χ1n) is 8.04. The quantitative estimate of drug-likeness (QED) is 0.588. The minimum atomic E-state index is -0.373. The zero-order valence-electron chi connectivity index (χ0n) is 13.8. The lowest BCUT2D eigenvalue weighted by atomic mass is 10.2. The number of non-ortho nitro benzene ring substituents is 1. The average molecular weight is 320 g/mol. The van der Waals surface area contributed by atoms with E-state index in [9.17, 15) is 14.9 Å². The molecule has 1 heterocycles. The lowest BCUT2D eigenvalue weighted by molar-refractivity contribution is -0.384. The molecule has 1 amide bonds. The number of hydrogen-bond acceptors (Lipinski definition) is 5. The van der Waals surface area contributed by atoms with Crippen LogP contribution in [0.5, 0.6) is 0 Å². The van der Waals surface area contributed by atoms with E-state index in [0.29, 0.717) is 6.54 Å². The highest BCUT2D eigenvalue weighted by molar-refractivity contribution is 5.78. The Balaban J connectivity index is 1.90. The summed E-state index contributed by atoms with van der Waals surface area (Å²) in [5.74, 6) is 0.166. The molecule has 23 heavy (non-hydrogen) atoms. The molecule has 7 heteroatoms. The summed E-state index contributed by atoms with van der Waals surface area (Å²) < 4.78 is 0. The third-order valence-corrected chi connectivity index (χ3v) is 4.25. The van der Waals surface area contributed by atoms with Crippen LogP contribution in [0.25, 0.3) is 0 Å². The standard InChI is InChI=1S/C16H24N4O3/c1-3-18(4-2)16(21)13-17-8-10-19(11-9-17)14-6-5-7-15(12-14)20(22)23/h5-7,12H,3-4,8-11,13H2,1-2H3. The molecule has 1 aliphatic heterocycles. The first-order chi connectivity index (χ1) is 11.0. The fraction of sp³-hybridized carbons (Fsp3) is 0.562. The minimum Gasteiger partial charge on any atom is -0.369 e. The van der Waals surface area contributed by atoms with Gasteiger partial charge in [0, 0.05) is 57.1 Å². The summed E-state index contributed by atoms with van der Waals surface area (Å²) in [4.78, 5) is 28.8. The van der Waals surface area contributed by atoms with Crippen LogP contribution in [0.1, 0.15) is 13.8 Å². The summed E-state index contributed by atoms with van der Waals surface area (Å²) in [6.07, 6.45) is 0. The van der Waals surface area contributed by atoms with Crippen LogP contribution in [-0.4, -0.2) is 66.4 Å². The molecule has 1 aliphatic rings. The normalized spacial score (nSPS) is 15.5. The van der Waals surface area contributed by atoms with E-state index in [1.165, 1.54) is 6.07 Å². The van der Waals surface area contributed by atoms with E-state index in [1.807, 2.05) is 24.8 Å². The first-order valence-corrected chi connectivity index (χ1v) is 8.04. The van der Waals surface area contributed by atoms with Crippen molar-refractivity contribution in [2.24, 2.45) is 0 Å². The summed E-state index contributed by atoms with van der Waals surface area (Å²) in [5, 5.41) is 10.9. The smallest absolute Gasteiger partial charge is 0.271 e. The highest BCUT2D eigenvalue weighted by atomic mass is 16.6. The molecule has 0 bridgehead atoms. The van der Waals surface area contributed by atoms with Crippen LogP contribution in [-0.2, 0) is 4.79 Å². The van der Waals surface area contributed by atoms with Gasteiger partial charge in [0.2, 0.25) is 5.91 Å². The van der Waals surface area contributed by atoms with E-state index < -0.39 is 0 Å². The van der Waals surface area contributed by atoms with Crippen LogP contribution in [0, 0.1) is 10.1 Å². The van der Waals surface area contributed by atoms with Gasteiger partial charge in [-0.25, -0.2) is 0 Å². The van der Waals surface area contributed by atoms with Crippen LogP contribution in [0.4, 0.5) is 11.4 Å². The number of anilines is 1. The maximum atomic E-state index is 12.1. The van der Waals surface area contributed by atoms with E-state index in [0.717, 1.165) is 45.0 Å². The molecule has 0 radical (unpaired) electrons. The van der Waals surface area contributed by atoms with E-state index in [1.54, 1.807) is 12.1 Å². The second-order valence-corrected chi connectivity index (χ2v) is 5.61. The van der Waals surface area contributed by atoms with Crippen molar-refractivity contribution >= 4 is 17.3 Å². The minimum absolute atomic E-state index is 0.113. The number of rotatable bonds is 6. The molecule has 1 saturated heterocycles. The lowest BCUT2D eigenvalue weighted by Crippen LogP contribution is -2.50. The fourth-order valence-corrected chi connectivity index (χ4v) is 2.84. The zero-order chi connectivity index (χ0) is 16.8. The predicted octanol–water partition coefficient (Wildman–Crippen LogP) is 1.59. The molecule has 0 aromatic heterocycles. The third-order valence-electron chi connectivity index (χ3n) is 4.25. The van der Waals surface area contributed by atoms with Gasteiger partial charge in [0.15, 0.2) is 0 Å². The average Bonchev–Trinajstić information content (AvgIpc) is 2.56. The largest absolute Gasteiger partial charge is 0.369 e. The van der Waals surface area contributed by atoms with E-state index in [2.05, 4.69) is 9.80 Å². The Labute approximate surface area is 136 Å². The van der Waals surface area contributed by atoms with E-state index in [4.69, 9.17) is 0 Å². The predicted molar refractivity (Wildman–Crippen MR) is 89.7 cm³/mol. The Bertz CT molecular complexity index is 552. The molecule has 0 N–H and O–H groups in total. The highest BCUT2D eigenvalue weighted by Gasteiger charge is 2.21. The summed E-state index contributed by atoms with van der Waals surface area (Å²) >= 11 is 0. The Morgan fingerprint density at radius 3 is 2.43 bits per heavy atom. The van der Waals surface area contributed by atoms with Crippen LogP contribution in [0.15, 0.2) is 24.3 Å². The molecule has 1 aromatic carbocycles. The number of piperazine rings is 1. The summed E-state index contributed by atoms with van der Waals surface area (Å²) in [6, 6.07) is 6.71. The number of hydrogen-bond donors (Lipinski definition) is 0. The highest BCUT2D eigenvalue weighted by Crippen LogP contribution is 2.22. The molecule has 0 unspecified atom stereocenters. The van der Waals surface area contributed by atoms with Crippen LogP contribution >= 0.6 is 0 Å². The monoisotopic (exact) mass is 320 g/mol. The molecule has 2 rings (SSSR count). The van der Waals surface area contributed by atoms with Gasteiger partial charge in [0.05, 0.1) is 11.5 Å². The van der Waals surface area contributed by atoms with Gasteiger partial charge in [-0.05, 0) is 19.9 Å². The van der Waals surface area contributed by atoms with Crippen molar-refractivity contribution < 1.29 is 9.72 Å². The molecule has 0 atom stereocenters. The number of carbonyl (C=O) groups excluding carboxylic acids is 1. The number of nitrogens with zero attached hydrogens (tertiary/aromatic N) is 4. The number of likely N-dealkylation sites (N-methyl/N-ethyl adjacent to an activating group) is 1. The van der Waals surface area contributed by atoms with Crippen molar-refractivity contribution in [3.63, 3.8) is 0 Å². The molecule has 126 valence electrons. The van der Waals surface area contributed by atoms with Crippen LogP contribution < -0.4 is 4.90 Å². The summed E-state index contributed by atoms with van der Waals surface area (Å²) in [6.45, 7) is 9.02. The Hall–Kier alpha value is -2.15. The number of nitro benzene ring substituents is 1. The van der Waals surface area contributed by atoms with Gasteiger partial charge in [-0.15, -0.1) is 0 Å². The van der Waals surface area contributed by atoms with Gasteiger partial charge in [0.25, 0.3) is 5.69 Å². The van der Waals surface area contributed by atoms with Crippen LogP contribution in [0.2, 0.25) is 0 Å². The second kappa shape index (κ2) is 7.92.